The van der Waals surface area contributed by atoms with E-state index in [1.165, 1.54) is 12.1 Å². The van der Waals surface area contributed by atoms with Gasteiger partial charge in [-0.25, -0.2) is 0 Å². The van der Waals surface area contributed by atoms with Crippen molar-refractivity contribution in [1.29, 1.82) is 0 Å². The number of nitro benzene ring substituents is 2. The first-order chi connectivity index (χ1) is 12.4. The molecule has 1 atom stereocenters. The Labute approximate surface area is 149 Å². The Hall–Kier alpha value is -3.33. The summed E-state index contributed by atoms with van der Waals surface area (Å²) in [5.74, 6) is -0.105. The molecule has 9 heteroatoms. The van der Waals surface area contributed by atoms with Crippen LogP contribution in [0.1, 0.15) is 18.9 Å². The van der Waals surface area contributed by atoms with Gasteiger partial charge in [-0.2, -0.15) is 5.10 Å². The predicted molar refractivity (Wildman–Crippen MR) is 97.2 cm³/mol. The summed E-state index contributed by atoms with van der Waals surface area (Å²) in [6.07, 6.45) is 0.470. The second-order valence-corrected chi connectivity index (χ2v) is 5.60. The van der Waals surface area contributed by atoms with Crippen molar-refractivity contribution >= 4 is 22.8 Å². The molecule has 2 rings (SSSR count). The van der Waals surface area contributed by atoms with Gasteiger partial charge in [0.1, 0.15) is 5.69 Å². The quantitative estimate of drug-likeness (QED) is 0.423. The van der Waals surface area contributed by atoms with Crippen molar-refractivity contribution in [2.75, 3.05) is 12.0 Å². The highest BCUT2D eigenvalue weighted by atomic mass is 16.6. The number of nitrogens with zero attached hydrogens (tertiary/aromatic N) is 3. The molecule has 0 aliphatic carbocycles. The molecule has 26 heavy (non-hydrogen) atoms. The van der Waals surface area contributed by atoms with E-state index in [4.69, 9.17) is 0 Å². The van der Waals surface area contributed by atoms with Crippen molar-refractivity contribution in [3.05, 3.63) is 74.3 Å². The van der Waals surface area contributed by atoms with Crippen LogP contribution >= 0.6 is 0 Å². The lowest BCUT2D eigenvalue weighted by atomic mass is 9.96. The second kappa shape index (κ2) is 8.67. The zero-order valence-electron chi connectivity index (χ0n) is 14.0. The zero-order valence-corrected chi connectivity index (χ0v) is 14.0. The highest BCUT2D eigenvalue weighted by Gasteiger charge is 2.20. The number of hydrogen-bond acceptors (Lipinski definition) is 7. The van der Waals surface area contributed by atoms with Crippen LogP contribution in [0.4, 0.5) is 17.1 Å². The standard InChI is InChI=1S/C17H18N4O5/c1-12(9-10-22)17(13-5-3-2-4-6-13)19-18-15-8-7-14(20(23)24)11-16(15)21(25)26/h2-8,11-12,18,22H,9-10H2,1H3. The van der Waals surface area contributed by atoms with E-state index in [0.717, 1.165) is 11.6 Å². The second-order valence-electron chi connectivity index (χ2n) is 5.60. The first-order valence-corrected chi connectivity index (χ1v) is 7.86. The van der Waals surface area contributed by atoms with Crippen molar-refractivity contribution in [2.45, 2.75) is 13.3 Å². The summed E-state index contributed by atoms with van der Waals surface area (Å²) < 4.78 is 0. The molecule has 1 unspecified atom stereocenters. The molecule has 0 amide bonds. The smallest absolute Gasteiger partial charge is 0.301 e. The van der Waals surface area contributed by atoms with Gasteiger partial charge in [-0.3, -0.25) is 25.7 Å². The van der Waals surface area contributed by atoms with Gasteiger partial charge in [0.2, 0.25) is 0 Å². The molecular weight excluding hydrogens is 340 g/mol. The molecule has 9 nitrogen and oxygen atoms in total. The van der Waals surface area contributed by atoms with E-state index >= 15 is 0 Å². The predicted octanol–water partition coefficient (Wildman–Crippen LogP) is 3.34. The van der Waals surface area contributed by atoms with Gasteiger partial charge in [-0.05, 0) is 18.1 Å². The van der Waals surface area contributed by atoms with Gasteiger partial charge in [0.25, 0.3) is 5.69 Å². The summed E-state index contributed by atoms with van der Waals surface area (Å²) in [5.41, 5.74) is 3.30. The first kappa shape index (κ1) is 19.0. The third-order valence-corrected chi connectivity index (χ3v) is 3.78. The number of benzene rings is 2. The summed E-state index contributed by atoms with van der Waals surface area (Å²) in [4.78, 5) is 20.6. The summed E-state index contributed by atoms with van der Waals surface area (Å²) >= 11 is 0. The lowest BCUT2D eigenvalue weighted by molar-refractivity contribution is -0.393. The van der Waals surface area contributed by atoms with Crippen molar-refractivity contribution in [2.24, 2.45) is 11.0 Å². The number of non-ortho nitro benzene ring substituents is 1. The van der Waals surface area contributed by atoms with Gasteiger partial charge in [0.05, 0.1) is 21.6 Å². The highest BCUT2D eigenvalue weighted by Crippen LogP contribution is 2.29. The Kier molecular flexibility index (Phi) is 6.34. The maximum Gasteiger partial charge on any atom is 0.301 e. The Morgan fingerprint density at radius 1 is 1.15 bits per heavy atom. The molecule has 0 fully saturated rings. The van der Waals surface area contributed by atoms with E-state index < -0.39 is 15.5 Å². The van der Waals surface area contributed by atoms with Crippen molar-refractivity contribution in [1.82, 2.24) is 0 Å². The van der Waals surface area contributed by atoms with Crippen LogP contribution in [-0.4, -0.2) is 27.3 Å². The van der Waals surface area contributed by atoms with Gasteiger partial charge < -0.3 is 5.11 Å². The Balaban J connectivity index is 2.40. The number of aliphatic hydroxyl groups excluding tert-OH is 1. The number of anilines is 1. The number of aliphatic hydroxyl groups is 1. The maximum atomic E-state index is 11.2. The van der Waals surface area contributed by atoms with Crippen molar-refractivity contribution in [3.8, 4) is 0 Å². The maximum absolute atomic E-state index is 11.2. The minimum absolute atomic E-state index is 0.0231. The molecule has 0 radical (unpaired) electrons. The fourth-order valence-electron chi connectivity index (χ4n) is 2.40. The number of rotatable bonds is 8. The van der Waals surface area contributed by atoms with Crippen LogP contribution in [0, 0.1) is 26.1 Å². The van der Waals surface area contributed by atoms with Gasteiger partial charge in [-0.1, -0.05) is 37.3 Å². The number of nitrogens with one attached hydrogen (secondary N) is 1. The molecule has 2 aromatic rings. The lowest BCUT2D eigenvalue weighted by Crippen LogP contribution is -2.16. The number of hydrogen-bond donors (Lipinski definition) is 2. The number of nitro groups is 2. The minimum atomic E-state index is -0.704. The number of hydrazone groups is 1. The first-order valence-electron chi connectivity index (χ1n) is 7.86. The van der Waals surface area contributed by atoms with Crippen LogP contribution in [0.5, 0.6) is 0 Å². The van der Waals surface area contributed by atoms with Crippen molar-refractivity contribution < 1.29 is 15.0 Å². The molecular formula is C17H18N4O5. The van der Waals surface area contributed by atoms with E-state index in [0.29, 0.717) is 12.1 Å². The molecule has 2 aromatic carbocycles. The van der Waals surface area contributed by atoms with Crippen LogP contribution in [0.25, 0.3) is 0 Å². The van der Waals surface area contributed by atoms with Crippen LogP contribution in [0.15, 0.2) is 53.6 Å². The van der Waals surface area contributed by atoms with Crippen LogP contribution in [-0.2, 0) is 0 Å². The molecule has 0 aromatic heterocycles. The SMILES string of the molecule is CC(CCO)C(=NNc1ccc([N+](=O)[O-])cc1[N+](=O)[O-])c1ccccc1. The topological polar surface area (TPSA) is 131 Å². The van der Waals surface area contributed by atoms with E-state index in [2.05, 4.69) is 10.5 Å². The van der Waals surface area contributed by atoms with Crippen LogP contribution in [0.3, 0.4) is 0 Å². The third kappa shape index (κ3) is 4.61. The summed E-state index contributed by atoms with van der Waals surface area (Å²) in [6.45, 7) is 1.86. The van der Waals surface area contributed by atoms with Gasteiger partial charge in [0, 0.05) is 18.6 Å². The minimum Gasteiger partial charge on any atom is -0.396 e. The monoisotopic (exact) mass is 358 g/mol. The Morgan fingerprint density at radius 3 is 2.42 bits per heavy atom. The summed E-state index contributed by atoms with van der Waals surface area (Å²) in [5, 5.41) is 35.5. The molecule has 136 valence electrons. The largest absolute Gasteiger partial charge is 0.396 e. The zero-order chi connectivity index (χ0) is 19.1. The summed E-state index contributed by atoms with van der Waals surface area (Å²) in [7, 11) is 0. The molecule has 0 saturated carbocycles. The fraction of sp³-hybridized carbons (Fsp3) is 0.235. The Bertz CT molecular complexity index is 823. The van der Waals surface area contributed by atoms with E-state index in [9.17, 15) is 25.3 Å². The van der Waals surface area contributed by atoms with Crippen LogP contribution in [0.2, 0.25) is 0 Å². The normalized spacial score (nSPS) is 12.5. The molecule has 0 saturated heterocycles. The average molecular weight is 358 g/mol. The van der Waals surface area contributed by atoms with E-state index in [-0.39, 0.29) is 23.9 Å². The average Bonchev–Trinajstić information content (AvgIpc) is 2.62. The van der Waals surface area contributed by atoms with E-state index in [1.54, 1.807) is 0 Å². The Morgan fingerprint density at radius 2 is 1.85 bits per heavy atom. The molecule has 0 aliphatic rings. The lowest BCUT2D eigenvalue weighted by Gasteiger charge is -2.14. The molecule has 0 heterocycles. The van der Waals surface area contributed by atoms with E-state index in [1.807, 2.05) is 37.3 Å². The van der Waals surface area contributed by atoms with Gasteiger partial charge in [0.15, 0.2) is 0 Å². The summed E-state index contributed by atoms with van der Waals surface area (Å²) in [6, 6.07) is 12.5. The molecule has 0 bridgehead atoms. The molecule has 0 spiro atoms. The van der Waals surface area contributed by atoms with Gasteiger partial charge in [-0.15, -0.1) is 0 Å². The van der Waals surface area contributed by atoms with Gasteiger partial charge >= 0.3 is 5.69 Å². The molecule has 2 N–H and O–H groups in total. The van der Waals surface area contributed by atoms with Crippen molar-refractivity contribution in [3.63, 3.8) is 0 Å². The molecule has 0 aliphatic heterocycles. The van der Waals surface area contributed by atoms with Crippen LogP contribution < -0.4 is 5.43 Å². The highest BCUT2D eigenvalue weighted by molar-refractivity contribution is 6.02. The third-order valence-electron chi connectivity index (χ3n) is 3.78. The fourth-order valence-corrected chi connectivity index (χ4v) is 2.40.